The van der Waals surface area contributed by atoms with Crippen LogP contribution in [-0.2, 0) is 19.3 Å². The molecule has 1 aliphatic rings. The number of fused-ring (bicyclic) bond motifs is 1. The Bertz CT molecular complexity index is 674. The number of H-pyrrole nitrogens is 1. The molecule has 0 radical (unpaired) electrons. The number of amides is 1. The zero-order valence-electron chi connectivity index (χ0n) is 11.1. The molecule has 2 heterocycles. The molecule has 20 heavy (non-hydrogen) atoms. The molecule has 0 spiro atoms. The van der Waals surface area contributed by atoms with E-state index in [9.17, 15) is 9.59 Å². The number of hydrogen-bond donors (Lipinski definition) is 2. The molecule has 2 aromatic rings. The van der Waals surface area contributed by atoms with Crippen LogP contribution in [-0.4, -0.2) is 17.4 Å². The maximum absolute atomic E-state index is 12.1. The van der Waals surface area contributed by atoms with Gasteiger partial charge in [-0.15, -0.1) is 0 Å². The maximum Gasteiger partial charge on any atom is 0.261 e. The highest BCUT2D eigenvalue weighted by molar-refractivity contribution is 7.07. The summed E-state index contributed by atoms with van der Waals surface area (Å²) in [4.78, 5) is 26.8. The lowest BCUT2D eigenvalue weighted by atomic mass is 10.1. The molecule has 0 aliphatic heterocycles. The highest BCUT2D eigenvalue weighted by atomic mass is 32.1. The second-order valence-electron chi connectivity index (χ2n) is 5.01. The van der Waals surface area contributed by atoms with Gasteiger partial charge in [-0.2, -0.15) is 11.3 Å². The fraction of sp³-hybridized carbons (Fsp3) is 0.333. The molecular formula is C15H16N2O2S. The Morgan fingerprint density at radius 1 is 1.40 bits per heavy atom. The van der Waals surface area contributed by atoms with E-state index in [4.69, 9.17) is 0 Å². The van der Waals surface area contributed by atoms with Gasteiger partial charge in [-0.1, -0.05) is 0 Å². The molecule has 0 aromatic carbocycles. The predicted octanol–water partition coefficient (Wildman–Crippen LogP) is 1.90. The van der Waals surface area contributed by atoms with Crippen LogP contribution in [0.15, 0.2) is 27.7 Å². The van der Waals surface area contributed by atoms with Gasteiger partial charge in [-0.25, -0.2) is 0 Å². The van der Waals surface area contributed by atoms with E-state index in [1.54, 1.807) is 17.4 Å². The second-order valence-corrected chi connectivity index (χ2v) is 5.79. The highest BCUT2D eigenvalue weighted by Crippen LogP contribution is 2.18. The first-order valence-electron chi connectivity index (χ1n) is 6.78. The van der Waals surface area contributed by atoms with Crippen molar-refractivity contribution in [2.24, 2.45) is 0 Å². The fourth-order valence-electron chi connectivity index (χ4n) is 2.53. The number of carbonyl (C=O) groups is 1. The van der Waals surface area contributed by atoms with E-state index in [1.165, 1.54) is 5.56 Å². The van der Waals surface area contributed by atoms with E-state index in [2.05, 4.69) is 15.7 Å². The summed E-state index contributed by atoms with van der Waals surface area (Å²) in [5, 5.41) is 6.90. The van der Waals surface area contributed by atoms with Crippen LogP contribution in [0.25, 0.3) is 0 Å². The van der Waals surface area contributed by atoms with Crippen LogP contribution in [0.1, 0.15) is 33.6 Å². The molecule has 1 aliphatic carbocycles. The summed E-state index contributed by atoms with van der Waals surface area (Å²) < 4.78 is 0. The van der Waals surface area contributed by atoms with Gasteiger partial charge in [0.2, 0.25) is 0 Å². The molecule has 0 fully saturated rings. The van der Waals surface area contributed by atoms with Gasteiger partial charge in [0, 0.05) is 12.2 Å². The van der Waals surface area contributed by atoms with E-state index in [-0.39, 0.29) is 17.0 Å². The van der Waals surface area contributed by atoms with Crippen LogP contribution in [0, 0.1) is 0 Å². The topological polar surface area (TPSA) is 62.0 Å². The van der Waals surface area contributed by atoms with Crippen molar-refractivity contribution in [3.8, 4) is 0 Å². The summed E-state index contributed by atoms with van der Waals surface area (Å²) in [5.74, 6) is -0.281. The van der Waals surface area contributed by atoms with E-state index < -0.39 is 0 Å². The lowest BCUT2D eigenvalue weighted by Gasteiger charge is -2.06. The molecule has 4 nitrogen and oxygen atoms in total. The minimum absolute atomic E-state index is 0.232. The first-order valence-corrected chi connectivity index (χ1v) is 7.72. The summed E-state index contributed by atoms with van der Waals surface area (Å²) >= 11 is 1.64. The Hall–Kier alpha value is -1.88. The lowest BCUT2D eigenvalue weighted by molar-refractivity contribution is 0.0952. The number of aromatic amines is 1. The minimum atomic E-state index is -0.281. The number of nitrogens with one attached hydrogen (secondary N) is 2. The van der Waals surface area contributed by atoms with Crippen LogP contribution in [0.3, 0.4) is 0 Å². The number of pyridine rings is 1. The number of aromatic nitrogens is 1. The average Bonchev–Trinajstić information content (AvgIpc) is 3.08. The van der Waals surface area contributed by atoms with Gasteiger partial charge < -0.3 is 10.3 Å². The van der Waals surface area contributed by atoms with Crippen molar-refractivity contribution in [1.29, 1.82) is 0 Å². The normalized spacial score (nSPS) is 13.2. The Morgan fingerprint density at radius 2 is 2.30 bits per heavy atom. The minimum Gasteiger partial charge on any atom is -0.352 e. The zero-order chi connectivity index (χ0) is 13.9. The second kappa shape index (κ2) is 5.63. The molecule has 5 heteroatoms. The van der Waals surface area contributed by atoms with Crippen molar-refractivity contribution in [3.05, 3.63) is 55.6 Å². The van der Waals surface area contributed by atoms with Gasteiger partial charge in [-0.3, -0.25) is 9.59 Å². The standard InChI is InChI=1S/C15H16N2O2S/c18-14(16-6-4-10-5-7-20-9-10)12-8-11-2-1-3-13(11)17-15(12)19/h5,7-9H,1-4,6H2,(H,16,18)(H,17,19). The molecule has 0 atom stereocenters. The van der Waals surface area contributed by atoms with Crippen LogP contribution < -0.4 is 10.9 Å². The number of thiophene rings is 1. The first kappa shape index (κ1) is 13.1. The third-order valence-electron chi connectivity index (χ3n) is 3.61. The van der Waals surface area contributed by atoms with Crippen molar-refractivity contribution in [1.82, 2.24) is 10.3 Å². The quantitative estimate of drug-likeness (QED) is 0.902. The monoisotopic (exact) mass is 288 g/mol. The lowest BCUT2D eigenvalue weighted by Crippen LogP contribution is -2.31. The van der Waals surface area contributed by atoms with Crippen LogP contribution in [0.5, 0.6) is 0 Å². The smallest absolute Gasteiger partial charge is 0.261 e. The van der Waals surface area contributed by atoms with Crippen molar-refractivity contribution in [2.75, 3.05) is 6.54 Å². The molecule has 2 aromatic heterocycles. The van der Waals surface area contributed by atoms with Crippen LogP contribution in [0.4, 0.5) is 0 Å². The summed E-state index contributed by atoms with van der Waals surface area (Å²) in [6, 6.07) is 3.79. The Balaban J connectivity index is 1.66. The molecule has 0 bridgehead atoms. The average molecular weight is 288 g/mol. The first-order chi connectivity index (χ1) is 9.74. The van der Waals surface area contributed by atoms with Gasteiger partial charge in [0.25, 0.3) is 11.5 Å². The molecule has 2 N–H and O–H groups in total. The Kier molecular flexibility index (Phi) is 3.69. The number of rotatable bonds is 4. The molecular weight excluding hydrogens is 272 g/mol. The Labute approximate surface area is 120 Å². The van der Waals surface area contributed by atoms with E-state index in [0.717, 1.165) is 36.9 Å². The zero-order valence-corrected chi connectivity index (χ0v) is 11.9. The van der Waals surface area contributed by atoms with E-state index in [0.29, 0.717) is 6.54 Å². The molecule has 0 saturated heterocycles. The largest absolute Gasteiger partial charge is 0.352 e. The molecule has 104 valence electrons. The third kappa shape index (κ3) is 2.67. The number of aryl methyl sites for hydroxylation is 2. The SMILES string of the molecule is O=C(NCCc1ccsc1)c1cc2c([nH]c1=O)CCC2. The molecule has 3 rings (SSSR count). The van der Waals surface area contributed by atoms with Crippen molar-refractivity contribution < 1.29 is 4.79 Å². The van der Waals surface area contributed by atoms with Crippen molar-refractivity contribution >= 4 is 17.2 Å². The summed E-state index contributed by atoms with van der Waals surface area (Å²) in [5.41, 5.74) is 3.25. The van der Waals surface area contributed by atoms with Crippen LogP contribution >= 0.6 is 11.3 Å². The van der Waals surface area contributed by atoms with Crippen LogP contribution in [0.2, 0.25) is 0 Å². The van der Waals surface area contributed by atoms with Crippen molar-refractivity contribution in [3.63, 3.8) is 0 Å². The van der Waals surface area contributed by atoms with Gasteiger partial charge in [0.15, 0.2) is 0 Å². The summed E-state index contributed by atoms with van der Waals surface area (Å²) in [7, 11) is 0. The van der Waals surface area contributed by atoms with Gasteiger partial charge in [0.05, 0.1) is 0 Å². The van der Waals surface area contributed by atoms with Gasteiger partial charge in [-0.05, 0) is 59.7 Å². The highest BCUT2D eigenvalue weighted by Gasteiger charge is 2.17. The number of hydrogen-bond acceptors (Lipinski definition) is 3. The fourth-order valence-corrected chi connectivity index (χ4v) is 3.24. The van der Waals surface area contributed by atoms with Crippen molar-refractivity contribution in [2.45, 2.75) is 25.7 Å². The molecule has 0 unspecified atom stereocenters. The Morgan fingerprint density at radius 3 is 3.10 bits per heavy atom. The van der Waals surface area contributed by atoms with E-state index >= 15 is 0 Å². The summed E-state index contributed by atoms with van der Waals surface area (Å²) in [6.07, 6.45) is 3.69. The van der Waals surface area contributed by atoms with Gasteiger partial charge >= 0.3 is 0 Å². The molecule has 1 amide bonds. The molecule has 0 saturated carbocycles. The maximum atomic E-state index is 12.1. The summed E-state index contributed by atoms with van der Waals surface area (Å²) in [6.45, 7) is 0.548. The van der Waals surface area contributed by atoms with Gasteiger partial charge in [0.1, 0.15) is 5.56 Å². The number of carbonyl (C=O) groups excluding carboxylic acids is 1. The predicted molar refractivity (Wildman–Crippen MR) is 79.4 cm³/mol. The third-order valence-corrected chi connectivity index (χ3v) is 4.34. The van der Waals surface area contributed by atoms with E-state index in [1.807, 2.05) is 11.4 Å².